The normalized spacial score (nSPS) is 20.9. The molecule has 5 N–H and O–H groups in total. The molecule has 2 bridgehead atoms. The van der Waals surface area contributed by atoms with Crippen molar-refractivity contribution in [3.63, 3.8) is 0 Å². The lowest BCUT2D eigenvalue weighted by Gasteiger charge is -2.41. The minimum atomic E-state index is -1.52. The number of nitrogens with zero attached hydrogens (tertiary/aromatic N) is 1. The van der Waals surface area contributed by atoms with Crippen LogP contribution in [0.1, 0.15) is 49.5 Å². The SMILES string of the molecule is CCOc1ccc(C(=O)N2CCC3(CC2)Oc2ccc(cc2)OCCNC(=O)[C@H](C)NC(=O)[C@H](CO)NC(=O)[C@@H](Cc2ccccc2)NC3=O)cc1OCC. The van der Waals surface area contributed by atoms with Crippen LogP contribution in [0, 0.1) is 0 Å². The third-order valence-electron chi connectivity index (χ3n) is 9.34. The van der Waals surface area contributed by atoms with Gasteiger partial charge in [-0.15, -0.1) is 0 Å². The van der Waals surface area contributed by atoms with Gasteiger partial charge < -0.3 is 50.2 Å². The maximum atomic E-state index is 14.5. The first kappa shape index (κ1) is 40.4. The van der Waals surface area contributed by atoms with E-state index in [0.717, 1.165) is 5.56 Å². The molecule has 3 aromatic rings. The van der Waals surface area contributed by atoms with Gasteiger partial charge >= 0.3 is 0 Å². The van der Waals surface area contributed by atoms with Crippen molar-refractivity contribution in [1.29, 1.82) is 0 Å². The van der Waals surface area contributed by atoms with E-state index in [2.05, 4.69) is 21.3 Å². The summed E-state index contributed by atoms with van der Waals surface area (Å²) in [5.41, 5.74) is -0.394. The molecule has 5 amide bonds. The Morgan fingerprint density at radius 2 is 1.47 bits per heavy atom. The Labute approximate surface area is 320 Å². The highest BCUT2D eigenvalue weighted by Gasteiger charge is 2.46. The van der Waals surface area contributed by atoms with Crippen molar-refractivity contribution in [3.8, 4) is 23.0 Å². The van der Waals surface area contributed by atoms with Crippen LogP contribution in [-0.2, 0) is 25.6 Å². The molecule has 3 heterocycles. The third kappa shape index (κ3) is 10.4. The average molecular weight is 760 g/mol. The van der Waals surface area contributed by atoms with E-state index in [9.17, 15) is 29.1 Å². The molecule has 0 aromatic heterocycles. The van der Waals surface area contributed by atoms with E-state index >= 15 is 0 Å². The Kier molecular flexibility index (Phi) is 13.9. The number of hydrogen-bond acceptors (Lipinski definition) is 10. The number of fused-ring (bicyclic) bond motifs is 15. The molecule has 0 saturated carbocycles. The summed E-state index contributed by atoms with van der Waals surface area (Å²) in [5, 5.41) is 20.7. The number of carbonyl (C=O) groups excluding carboxylic acids is 5. The zero-order valence-corrected chi connectivity index (χ0v) is 31.3. The number of nitrogens with one attached hydrogen (secondary N) is 4. The molecule has 3 aromatic carbocycles. The van der Waals surface area contributed by atoms with Crippen LogP contribution in [0.15, 0.2) is 72.8 Å². The predicted octanol–water partition coefficient (Wildman–Crippen LogP) is 1.76. The van der Waals surface area contributed by atoms with Crippen LogP contribution in [0.3, 0.4) is 0 Å². The summed E-state index contributed by atoms with van der Waals surface area (Å²) in [6.07, 6.45) is 0.206. The van der Waals surface area contributed by atoms with Crippen molar-refractivity contribution >= 4 is 29.5 Å². The van der Waals surface area contributed by atoms with E-state index in [4.69, 9.17) is 18.9 Å². The minimum Gasteiger partial charge on any atom is -0.492 e. The molecule has 0 aliphatic carbocycles. The Bertz CT molecular complexity index is 1800. The lowest BCUT2D eigenvalue weighted by atomic mass is 9.88. The molecule has 15 nitrogen and oxygen atoms in total. The average Bonchev–Trinajstić information content (AvgIpc) is 3.19. The molecule has 294 valence electrons. The highest BCUT2D eigenvalue weighted by atomic mass is 16.5. The highest BCUT2D eigenvalue weighted by molar-refractivity contribution is 5.97. The molecule has 0 unspecified atom stereocenters. The smallest absolute Gasteiger partial charge is 0.265 e. The van der Waals surface area contributed by atoms with Crippen LogP contribution in [0.5, 0.6) is 23.0 Å². The highest BCUT2D eigenvalue weighted by Crippen LogP contribution is 2.33. The molecule has 1 spiro atoms. The maximum Gasteiger partial charge on any atom is 0.265 e. The van der Waals surface area contributed by atoms with Crippen molar-refractivity contribution in [3.05, 3.63) is 83.9 Å². The standard InChI is InChI=1S/C40H49N5O10/c1-4-52-33-16-11-28(24-34(33)53-5-2)38(50)45-20-17-40(18-21-45)39(51)44-31(23-27-9-7-6-8-10-27)36(48)43-32(25-46)37(49)42-26(3)35(47)41-19-22-54-29-12-14-30(55-40)15-13-29/h6-16,24,26,31-32,46H,4-5,17-23,25H2,1-3H3,(H,41,47)(H,42,49)(H,43,48)(H,44,51)/t26-,31+,32-/m0/s1. The van der Waals surface area contributed by atoms with Gasteiger partial charge in [-0.1, -0.05) is 30.3 Å². The Hall–Kier alpha value is -5.83. The molecule has 15 heteroatoms. The van der Waals surface area contributed by atoms with Gasteiger partial charge in [0.2, 0.25) is 17.7 Å². The first-order valence-corrected chi connectivity index (χ1v) is 18.5. The summed E-state index contributed by atoms with van der Waals surface area (Å²) in [7, 11) is 0. The Morgan fingerprint density at radius 1 is 0.818 bits per heavy atom. The van der Waals surface area contributed by atoms with Crippen molar-refractivity contribution in [2.75, 3.05) is 46.1 Å². The topological polar surface area (TPSA) is 194 Å². The number of hydrogen-bond donors (Lipinski definition) is 5. The van der Waals surface area contributed by atoms with E-state index < -0.39 is 54.0 Å². The van der Waals surface area contributed by atoms with Gasteiger partial charge in [0.1, 0.15) is 36.2 Å². The molecule has 1 saturated heterocycles. The largest absolute Gasteiger partial charge is 0.492 e. The first-order valence-electron chi connectivity index (χ1n) is 18.5. The van der Waals surface area contributed by atoms with E-state index in [-0.39, 0.29) is 51.4 Å². The second kappa shape index (κ2) is 19.0. The van der Waals surface area contributed by atoms with Gasteiger partial charge in [-0.05, 0) is 68.8 Å². The lowest BCUT2D eigenvalue weighted by Crippen LogP contribution is -2.62. The number of ether oxygens (including phenoxy) is 4. The van der Waals surface area contributed by atoms with Crippen LogP contribution >= 0.6 is 0 Å². The minimum absolute atomic E-state index is 0.0453. The van der Waals surface area contributed by atoms with Gasteiger partial charge in [0.15, 0.2) is 17.1 Å². The molecule has 1 fully saturated rings. The quantitative estimate of drug-likeness (QED) is 0.212. The second-order valence-electron chi connectivity index (χ2n) is 13.2. The molecule has 0 radical (unpaired) electrons. The lowest BCUT2D eigenvalue weighted by molar-refractivity contribution is -0.144. The number of rotatable bonds is 8. The molecule has 3 atom stereocenters. The van der Waals surface area contributed by atoms with E-state index in [0.29, 0.717) is 41.8 Å². The molecular formula is C40H49N5O10. The maximum absolute atomic E-state index is 14.5. The number of carbonyl (C=O) groups is 5. The fraction of sp³-hybridized carbons (Fsp3) is 0.425. The monoisotopic (exact) mass is 759 g/mol. The van der Waals surface area contributed by atoms with Gasteiger partial charge in [-0.25, -0.2) is 0 Å². The van der Waals surface area contributed by atoms with Crippen molar-refractivity contribution in [2.24, 2.45) is 0 Å². The molecule has 3 aliphatic heterocycles. The zero-order valence-electron chi connectivity index (χ0n) is 31.3. The molecular weight excluding hydrogens is 710 g/mol. The summed E-state index contributed by atoms with van der Waals surface area (Å²) < 4.78 is 23.7. The summed E-state index contributed by atoms with van der Waals surface area (Å²) in [6.45, 7) is 5.80. The number of amides is 5. The van der Waals surface area contributed by atoms with Crippen LogP contribution in [0.4, 0.5) is 0 Å². The van der Waals surface area contributed by atoms with Gasteiger partial charge in [0, 0.05) is 37.9 Å². The van der Waals surface area contributed by atoms with Crippen molar-refractivity contribution in [1.82, 2.24) is 26.2 Å². The Balaban J connectivity index is 1.44. The molecule has 6 rings (SSSR count). The van der Waals surface area contributed by atoms with Crippen LogP contribution in [-0.4, -0.2) is 109 Å². The number of aliphatic hydroxyl groups is 1. The van der Waals surface area contributed by atoms with E-state index in [1.165, 1.54) is 6.92 Å². The van der Waals surface area contributed by atoms with Gasteiger partial charge in [0.05, 0.1) is 26.4 Å². The van der Waals surface area contributed by atoms with E-state index in [1.807, 2.05) is 19.9 Å². The number of aliphatic hydroxyl groups excluding tert-OH is 1. The van der Waals surface area contributed by atoms with Crippen LogP contribution < -0.4 is 40.2 Å². The number of piperidine rings is 1. The molecule has 3 aliphatic rings. The summed E-state index contributed by atoms with van der Waals surface area (Å²) >= 11 is 0. The number of benzene rings is 3. The zero-order chi connectivity index (χ0) is 39.4. The molecule has 55 heavy (non-hydrogen) atoms. The third-order valence-corrected chi connectivity index (χ3v) is 9.34. The van der Waals surface area contributed by atoms with Crippen molar-refractivity contribution in [2.45, 2.75) is 63.8 Å². The Morgan fingerprint density at radius 3 is 2.15 bits per heavy atom. The summed E-state index contributed by atoms with van der Waals surface area (Å²) in [4.78, 5) is 69.6. The number of likely N-dealkylation sites (tertiary alicyclic amines) is 1. The van der Waals surface area contributed by atoms with Crippen LogP contribution in [0.2, 0.25) is 0 Å². The van der Waals surface area contributed by atoms with Crippen molar-refractivity contribution < 1.29 is 48.0 Å². The predicted molar refractivity (Wildman–Crippen MR) is 201 cm³/mol. The van der Waals surface area contributed by atoms with Crippen LogP contribution in [0.25, 0.3) is 0 Å². The van der Waals surface area contributed by atoms with Gasteiger partial charge in [-0.2, -0.15) is 0 Å². The summed E-state index contributed by atoms with van der Waals surface area (Å²) in [6, 6.07) is 17.1. The first-order chi connectivity index (χ1) is 26.5. The second-order valence-corrected chi connectivity index (χ2v) is 13.2. The van der Waals surface area contributed by atoms with Gasteiger partial charge in [0.25, 0.3) is 11.8 Å². The van der Waals surface area contributed by atoms with Gasteiger partial charge in [-0.3, -0.25) is 24.0 Å². The summed E-state index contributed by atoms with van der Waals surface area (Å²) in [5.74, 6) is -1.03. The fourth-order valence-corrected chi connectivity index (χ4v) is 6.33. The fourth-order valence-electron chi connectivity index (χ4n) is 6.33. The van der Waals surface area contributed by atoms with E-state index in [1.54, 1.807) is 71.6 Å².